The van der Waals surface area contributed by atoms with Gasteiger partial charge in [0.05, 0.1) is 0 Å². The molecule has 1 atom stereocenters. The van der Waals surface area contributed by atoms with Crippen LogP contribution in [-0.4, -0.2) is 28.8 Å². The molecule has 1 aliphatic rings. The Balaban J connectivity index is 2.11. The number of hydrogen-bond acceptors (Lipinski definition) is 2. The van der Waals surface area contributed by atoms with E-state index in [0.29, 0.717) is 31.8 Å². The second kappa shape index (κ2) is 7.16. The summed E-state index contributed by atoms with van der Waals surface area (Å²) in [5, 5.41) is 3.01. The first-order valence-corrected chi connectivity index (χ1v) is 8.48. The molecule has 1 saturated heterocycles. The normalized spacial score (nSPS) is 21.1. The Labute approximate surface area is 139 Å². The van der Waals surface area contributed by atoms with E-state index < -0.39 is 5.54 Å². The highest BCUT2D eigenvalue weighted by molar-refractivity contribution is 5.94. The van der Waals surface area contributed by atoms with Gasteiger partial charge >= 0.3 is 0 Å². The largest absolute Gasteiger partial charge is 0.354 e. The van der Waals surface area contributed by atoms with Crippen molar-refractivity contribution in [2.45, 2.75) is 59.0 Å². The second-order valence-electron chi connectivity index (χ2n) is 7.12. The number of aryl methyl sites for hydroxylation is 1. The molecule has 1 N–H and O–H groups in total. The number of nitrogens with one attached hydrogen (secondary N) is 1. The summed E-state index contributed by atoms with van der Waals surface area (Å²) in [6, 6.07) is 8.03. The van der Waals surface area contributed by atoms with Crippen molar-refractivity contribution in [2.24, 2.45) is 5.92 Å². The van der Waals surface area contributed by atoms with Crippen molar-refractivity contribution in [3.8, 4) is 0 Å². The van der Waals surface area contributed by atoms with E-state index in [0.717, 1.165) is 17.5 Å². The topological polar surface area (TPSA) is 49.4 Å². The monoisotopic (exact) mass is 316 g/mol. The van der Waals surface area contributed by atoms with Gasteiger partial charge in [-0.05, 0) is 43.7 Å². The van der Waals surface area contributed by atoms with Crippen LogP contribution in [0.3, 0.4) is 0 Å². The van der Waals surface area contributed by atoms with Gasteiger partial charge in [-0.15, -0.1) is 0 Å². The van der Waals surface area contributed by atoms with E-state index in [4.69, 9.17) is 0 Å². The Bertz CT molecular complexity index is 582. The minimum absolute atomic E-state index is 0.0300. The van der Waals surface area contributed by atoms with Gasteiger partial charge in [0.2, 0.25) is 11.8 Å². The fraction of sp³-hybridized carbons (Fsp3) is 0.579. The highest BCUT2D eigenvalue weighted by Gasteiger charge is 2.47. The van der Waals surface area contributed by atoms with Crippen molar-refractivity contribution in [3.05, 3.63) is 35.4 Å². The van der Waals surface area contributed by atoms with Gasteiger partial charge in [0.15, 0.2) is 0 Å². The van der Waals surface area contributed by atoms with Crippen molar-refractivity contribution < 1.29 is 9.59 Å². The van der Waals surface area contributed by atoms with Crippen molar-refractivity contribution in [2.75, 3.05) is 6.54 Å². The van der Waals surface area contributed by atoms with Gasteiger partial charge in [-0.3, -0.25) is 9.59 Å². The maximum Gasteiger partial charge on any atom is 0.245 e. The van der Waals surface area contributed by atoms with Crippen molar-refractivity contribution in [1.29, 1.82) is 0 Å². The average molecular weight is 316 g/mol. The maximum atomic E-state index is 12.7. The summed E-state index contributed by atoms with van der Waals surface area (Å²) in [6.07, 6.45) is 1.98. The summed E-state index contributed by atoms with van der Waals surface area (Å²) in [7, 11) is 0. The molecule has 1 aromatic carbocycles. The minimum atomic E-state index is -0.740. The van der Waals surface area contributed by atoms with Crippen LogP contribution in [0.5, 0.6) is 0 Å². The van der Waals surface area contributed by atoms with E-state index in [-0.39, 0.29) is 11.8 Å². The van der Waals surface area contributed by atoms with Gasteiger partial charge in [-0.25, -0.2) is 0 Å². The van der Waals surface area contributed by atoms with Gasteiger partial charge in [0.25, 0.3) is 0 Å². The molecule has 0 aliphatic carbocycles. The molecule has 1 heterocycles. The number of rotatable bonds is 6. The van der Waals surface area contributed by atoms with Crippen LogP contribution in [0.2, 0.25) is 0 Å². The fourth-order valence-electron chi connectivity index (χ4n) is 3.02. The zero-order valence-electron chi connectivity index (χ0n) is 14.7. The summed E-state index contributed by atoms with van der Waals surface area (Å²) in [5.74, 6) is 0.587. The van der Waals surface area contributed by atoms with E-state index in [1.165, 1.54) is 0 Å². The Hall–Kier alpha value is -1.84. The van der Waals surface area contributed by atoms with Crippen LogP contribution >= 0.6 is 0 Å². The summed E-state index contributed by atoms with van der Waals surface area (Å²) in [4.78, 5) is 26.8. The molecule has 4 heteroatoms. The minimum Gasteiger partial charge on any atom is -0.354 e. The van der Waals surface area contributed by atoms with Crippen molar-refractivity contribution in [3.63, 3.8) is 0 Å². The number of hydrogen-bond donors (Lipinski definition) is 1. The third-order valence-corrected chi connectivity index (χ3v) is 4.81. The van der Waals surface area contributed by atoms with Crippen molar-refractivity contribution in [1.82, 2.24) is 10.2 Å². The first-order valence-electron chi connectivity index (χ1n) is 8.48. The first kappa shape index (κ1) is 17.5. The number of likely N-dealkylation sites (tertiary alicyclic amines) is 1. The van der Waals surface area contributed by atoms with Crippen LogP contribution in [-0.2, 0) is 16.1 Å². The van der Waals surface area contributed by atoms with Gasteiger partial charge in [-0.1, -0.05) is 38.1 Å². The van der Waals surface area contributed by atoms with Crippen LogP contribution in [0.15, 0.2) is 24.3 Å². The molecule has 0 radical (unpaired) electrons. The molecule has 1 fully saturated rings. The number of carbonyl (C=O) groups excluding carboxylic acids is 2. The zero-order valence-corrected chi connectivity index (χ0v) is 14.7. The van der Waals surface area contributed by atoms with E-state index in [1.807, 2.05) is 38.1 Å². The molecule has 2 amide bonds. The van der Waals surface area contributed by atoms with Crippen LogP contribution in [0.4, 0.5) is 0 Å². The molecule has 126 valence electrons. The molecule has 23 heavy (non-hydrogen) atoms. The third-order valence-electron chi connectivity index (χ3n) is 4.81. The summed E-state index contributed by atoms with van der Waals surface area (Å²) < 4.78 is 0. The van der Waals surface area contributed by atoms with Crippen LogP contribution in [0, 0.1) is 12.8 Å². The Morgan fingerprint density at radius 3 is 2.70 bits per heavy atom. The lowest BCUT2D eigenvalue weighted by atomic mass is 9.96. The molecule has 0 aromatic heterocycles. The predicted octanol–water partition coefficient (Wildman–Crippen LogP) is 3.04. The fourth-order valence-corrected chi connectivity index (χ4v) is 3.02. The average Bonchev–Trinajstić information content (AvgIpc) is 2.78. The Morgan fingerprint density at radius 1 is 1.35 bits per heavy atom. The van der Waals surface area contributed by atoms with E-state index in [1.54, 1.807) is 4.90 Å². The van der Waals surface area contributed by atoms with Crippen LogP contribution in [0.25, 0.3) is 0 Å². The standard InChI is InChI=1S/C19H28N2O2/c1-14(2)10-12-20-18(23)19(4)11-9-17(22)21(19)13-16-8-6-5-7-15(16)3/h5-8,14H,9-13H2,1-4H3,(H,20,23). The van der Waals surface area contributed by atoms with E-state index >= 15 is 0 Å². The predicted molar refractivity (Wildman–Crippen MR) is 91.8 cm³/mol. The molecule has 1 aromatic rings. The number of benzene rings is 1. The van der Waals surface area contributed by atoms with Gasteiger partial charge < -0.3 is 10.2 Å². The zero-order chi connectivity index (χ0) is 17.0. The molecule has 1 aliphatic heterocycles. The molecule has 2 rings (SSSR count). The highest BCUT2D eigenvalue weighted by Crippen LogP contribution is 2.32. The second-order valence-corrected chi connectivity index (χ2v) is 7.12. The lowest BCUT2D eigenvalue weighted by molar-refractivity contribution is -0.141. The third kappa shape index (κ3) is 3.92. The molecule has 1 unspecified atom stereocenters. The quantitative estimate of drug-likeness (QED) is 0.877. The van der Waals surface area contributed by atoms with Crippen molar-refractivity contribution >= 4 is 11.8 Å². The van der Waals surface area contributed by atoms with Gasteiger partial charge in [0, 0.05) is 19.5 Å². The molecular weight excluding hydrogens is 288 g/mol. The van der Waals surface area contributed by atoms with Crippen LogP contribution < -0.4 is 5.32 Å². The van der Waals surface area contributed by atoms with E-state index in [2.05, 4.69) is 19.2 Å². The first-order chi connectivity index (χ1) is 10.8. The Kier molecular flexibility index (Phi) is 5.45. The lowest BCUT2D eigenvalue weighted by Gasteiger charge is -2.34. The highest BCUT2D eigenvalue weighted by atomic mass is 16.2. The summed E-state index contributed by atoms with van der Waals surface area (Å²) >= 11 is 0. The van der Waals surface area contributed by atoms with E-state index in [9.17, 15) is 9.59 Å². The molecule has 4 nitrogen and oxygen atoms in total. The molecule has 0 saturated carbocycles. The number of nitrogens with zero attached hydrogens (tertiary/aromatic N) is 1. The molecular formula is C19H28N2O2. The number of amides is 2. The van der Waals surface area contributed by atoms with Crippen LogP contribution in [0.1, 0.15) is 51.2 Å². The Morgan fingerprint density at radius 2 is 2.04 bits per heavy atom. The van der Waals surface area contributed by atoms with Gasteiger partial charge in [-0.2, -0.15) is 0 Å². The smallest absolute Gasteiger partial charge is 0.245 e. The maximum absolute atomic E-state index is 12.7. The lowest BCUT2D eigenvalue weighted by Crippen LogP contribution is -2.54. The SMILES string of the molecule is Cc1ccccc1CN1C(=O)CCC1(C)C(=O)NCCC(C)C. The number of carbonyl (C=O) groups is 2. The molecule has 0 spiro atoms. The summed E-state index contributed by atoms with van der Waals surface area (Å²) in [6.45, 7) is 9.36. The summed E-state index contributed by atoms with van der Waals surface area (Å²) in [5.41, 5.74) is 1.51. The molecule has 0 bridgehead atoms. The van der Waals surface area contributed by atoms with Gasteiger partial charge in [0.1, 0.15) is 5.54 Å².